The molecule has 0 saturated carbocycles. The van der Waals surface area contributed by atoms with Crippen LogP contribution in [-0.2, 0) is 20.7 Å². The van der Waals surface area contributed by atoms with Gasteiger partial charge < -0.3 is 15.2 Å². The first-order valence-electron chi connectivity index (χ1n) is 6.48. The Bertz CT molecular complexity index is 679. The molecule has 2 N–H and O–H groups in total. The summed E-state index contributed by atoms with van der Waals surface area (Å²) >= 11 is 1.56. The Morgan fingerprint density at radius 1 is 1.57 bits per heavy atom. The molecule has 1 aliphatic rings. The number of esters is 1. The van der Waals surface area contributed by atoms with E-state index in [1.807, 2.05) is 12.1 Å². The highest BCUT2D eigenvalue weighted by molar-refractivity contribution is 7.12. The summed E-state index contributed by atoms with van der Waals surface area (Å²) in [7, 11) is 1.30. The van der Waals surface area contributed by atoms with Crippen LogP contribution in [0.4, 0.5) is 0 Å². The van der Waals surface area contributed by atoms with E-state index < -0.39 is 11.9 Å². The minimum Gasteiger partial charge on any atom is -0.466 e. The number of allylic oxidation sites excluding steroid dienone is 2. The third-order valence-corrected chi connectivity index (χ3v) is 4.62. The maximum atomic E-state index is 12.1. The lowest BCUT2D eigenvalue weighted by Gasteiger charge is -2.25. The number of methoxy groups -OCH3 is 1. The van der Waals surface area contributed by atoms with Crippen molar-refractivity contribution in [2.24, 2.45) is 5.73 Å². The highest BCUT2D eigenvalue weighted by atomic mass is 32.1. The number of rotatable bonds is 3. The number of nitrogens with two attached hydrogens (primary N) is 1. The highest BCUT2D eigenvalue weighted by Crippen LogP contribution is 2.42. The Morgan fingerprint density at radius 2 is 2.29 bits per heavy atom. The number of nitriles is 1. The molecule has 5 nitrogen and oxygen atoms in total. The van der Waals surface area contributed by atoms with Gasteiger partial charge in [0.05, 0.1) is 18.6 Å². The van der Waals surface area contributed by atoms with Gasteiger partial charge in [-0.25, -0.2) is 4.79 Å². The molecule has 1 atom stereocenters. The van der Waals surface area contributed by atoms with E-state index in [-0.39, 0.29) is 11.5 Å². The third kappa shape index (κ3) is 2.65. The molecule has 6 heteroatoms. The first-order valence-corrected chi connectivity index (χ1v) is 7.30. The minimum atomic E-state index is -0.526. The standard InChI is InChI=1S/C15H16N2O3S/c1-4-9-5-6-11(21-9)13-10(7-16)14(17)20-8(2)12(13)15(18)19-3/h5-6,13H,4,17H2,1-3H3/t13-/m0/s1. The molecule has 1 aromatic rings. The summed E-state index contributed by atoms with van der Waals surface area (Å²) in [6.07, 6.45) is 0.894. The molecule has 0 unspecified atom stereocenters. The van der Waals surface area contributed by atoms with Crippen LogP contribution in [0.3, 0.4) is 0 Å². The van der Waals surface area contributed by atoms with Crippen molar-refractivity contribution in [3.63, 3.8) is 0 Å². The van der Waals surface area contributed by atoms with Gasteiger partial charge in [-0.15, -0.1) is 11.3 Å². The molecule has 0 bridgehead atoms. The summed E-state index contributed by atoms with van der Waals surface area (Å²) in [4.78, 5) is 14.1. The average Bonchev–Trinajstić information content (AvgIpc) is 2.94. The molecule has 2 heterocycles. The van der Waals surface area contributed by atoms with E-state index >= 15 is 0 Å². The van der Waals surface area contributed by atoms with Gasteiger partial charge in [0.25, 0.3) is 0 Å². The predicted molar refractivity (Wildman–Crippen MR) is 79.1 cm³/mol. The fraction of sp³-hybridized carbons (Fsp3) is 0.333. The number of ether oxygens (including phenoxy) is 2. The van der Waals surface area contributed by atoms with Crippen LogP contribution in [0.2, 0.25) is 0 Å². The Hall–Kier alpha value is -2.26. The number of carbonyl (C=O) groups excluding carboxylic acids is 1. The van der Waals surface area contributed by atoms with E-state index in [1.54, 1.807) is 18.3 Å². The average molecular weight is 304 g/mol. The van der Waals surface area contributed by atoms with E-state index in [2.05, 4.69) is 13.0 Å². The van der Waals surface area contributed by atoms with Crippen molar-refractivity contribution in [3.05, 3.63) is 44.7 Å². The van der Waals surface area contributed by atoms with Crippen LogP contribution in [0.15, 0.2) is 34.9 Å². The van der Waals surface area contributed by atoms with Crippen LogP contribution in [0.5, 0.6) is 0 Å². The molecule has 0 amide bonds. The number of hydrogen-bond donors (Lipinski definition) is 1. The molecule has 21 heavy (non-hydrogen) atoms. The number of thiophene rings is 1. The number of aryl methyl sites for hydroxylation is 1. The van der Waals surface area contributed by atoms with Crippen molar-refractivity contribution in [1.82, 2.24) is 0 Å². The van der Waals surface area contributed by atoms with Crippen LogP contribution in [0.25, 0.3) is 0 Å². The monoisotopic (exact) mass is 304 g/mol. The zero-order chi connectivity index (χ0) is 15.6. The first kappa shape index (κ1) is 15.1. The van der Waals surface area contributed by atoms with Crippen molar-refractivity contribution in [3.8, 4) is 6.07 Å². The second-order valence-electron chi connectivity index (χ2n) is 4.54. The molecule has 0 fully saturated rings. The maximum Gasteiger partial charge on any atom is 0.338 e. The van der Waals surface area contributed by atoms with Gasteiger partial charge in [-0.2, -0.15) is 5.26 Å². The Balaban J connectivity index is 2.60. The van der Waals surface area contributed by atoms with E-state index in [0.29, 0.717) is 11.3 Å². The van der Waals surface area contributed by atoms with Crippen LogP contribution in [-0.4, -0.2) is 13.1 Å². The molecule has 110 valence electrons. The third-order valence-electron chi connectivity index (χ3n) is 3.33. The van der Waals surface area contributed by atoms with Crippen molar-refractivity contribution in [2.75, 3.05) is 7.11 Å². The number of nitrogens with zero attached hydrogens (tertiary/aromatic N) is 1. The summed E-state index contributed by atoms with van der Waals surface area (Å²) in [6, 6.07) is 5.96. The van der Waals surface area contributed by atoms with Crippen LogP contribution < -0.4 is 5.73 Å². The second kappa shape index (κ2) is 6.02. The summed E-state index contributed by atoms with van der Waals surface area (Å²) in [6.45, 7) is 3.70. The van der Waals surface area contributed by atoms with E-state index in [1.165, 1.54) is 12.0 Å². The SMILES string of the molecule is CCc1ccc([C@@H]2C(C#N)=C(N)OC(C)=C2C(=O)OC)s1. The van der Waals surface area contributed by atoms with Gasteiger partial charge in [0, 0.05) is 9.75 Å². The van der Waals surface area contributed by atoms with Crippen molar-refractivity contribution in [2.45, 2.75) is 26.2 Å². The van der Waals surface area contributed by atoms with Gasteiger partial charge in [0.1, 0.15) is 17.4 Å². The number of carbonyl (C=O) groups is 1. The molecule has 0 spiro atoms. The molecule has 0 aliphatic carbocycles. The largest absolute Gasteiger partial charge is 0.466 e. The van der Waals surface area contributed by atoms with Gasteiger partial charge in [0.2, 0.25) is 5.88 Å². The Kier molecular flexibility index (Phi) is 4.34. The Morgan fingerprint density at radius 3 is 2.81 bits per heavy atom. The van der Waals surface area contributed by atoms with Crippen molar-refractivity contribution >= 4 is 17.3 Å². The summed E-state index contributed by atoms with van der Waals surface area (Å²) < 4.78 is 10.2. The predicted octanol–water partition coefficient (Wildman–Crippen LogP) is 2.57. The smallest absolute Gasteiger partial charge is 0.338 e. The van der Waals surface area contributed by atoms with E-state index in [0.717, 1.165) is 11.3 Å². The fourth-order valence-corrected chi connectivity index (χ4v) is 3.35. The zero-order valence-corrected chi connectivity index (χ0v) is 12.9. The lowest BCUT2D eigenvalue weighted by Crippen LogP contribution is -2.24. The lowest BCUT2D eigenvalue weighted by atomic mass is 9.87. The van der Waals surface area contributed by atoms with Crippen molar-refractivity contribution < 1.29 is 14.3 Å². The lowest BCUT2D eigenvalue weighted by molar-refractivity contribution is -0.136. The van der Waals surface area contributed by atoms with Gasteiger partial charge in [-0.1, -0.05) is 6.92 Å². The van der Waals surface area contributed by atoms with Gasteiger partial charge in [-0.05, 0) is 25.5 Å². The molecule has 0 saturated heterocycles. The summed E-state index contributed by atoms with van der Waals surface area (Å²) in [5, 5.41) is 9.38. The molecule has 1 aliphatic heterocycles. The first-order chi connectivity index (χ1) is 10.0. The van der Waals surface area contributed by atoms with Gasteiger partial charge in [-0.3, -0.25) is 0 Å². The summed E-state index contributed by atoms with van der Waals surface area (Å²) in [5.41, 5.74) is 6.37. The van der Waals surface area contributed by atoms with Gasteiger partial charge >= 0.3 is 5.97 Å². The maximum absolute atomic E-state index is 12.1. The van der Waals surface area contributed by atoms with Crippen LogP contribution in [0, 0.1) is 11.3 Å². The second-order valence-corrected chi connectivity index (χ2v) is 5.74. The molecule has 1 aromatic heterocycles. The molecule has 0 aromatic carbocycles. The fourth-order valence-electron chi connectivity index (χ4n) is 2.28. The topological polar surface area (TPSA) is 85.3 Å². The van der Waals surface area contributed by atoms with Crippen LogP contribution in [0.1, 0.15) is 29.5 Å². The molecular formula is C15H16N2O3S. The quantitative estimate of drug-likeness (QED) is 0.867. The van der Waals surface area contributed by atoms with E-state index in [4.69, 9.17) is 15.2 Å². The van der Waals surface area contributed by atoms with Gasteiger partial charge in [0.15, 0.2) is 0 Å². The zero-order valence-electron chi connectivity index (χ0n) is 12.1. The summed E-state index contributed by atoms with van der Waals surface area (Å²) in [5.74, 6) is -0.625. The molecular weight excluding hydrogens is 288 g/mol. The Labute approximate surface area is 127 Å². The van der Waals surface area contributed by atoms with E-state index in [9.17, 15) is 10.1 Å². The van der Waals surface area contributed by atoms with Crippen molar-refractivity contribution in [1.29, 1.82) is 5.26 Å². The van der Waals surface area contributed by atoms with Crippen LogP contribution >= 0.6 is 11.3 Å². The highest BCUT2D eigenvalue weighted by Gasteiger charge is 2.36. The number of hydrogen-bond acceptors (Lipinski definition) is 6. The molecule has 0 radical (unpaired) electrons. The molecule has 2 rings (SSSR count). The minimum absolute atomic E-state index is 0.0408. The normalized spacial score (nSPS) is 18.3.